The van der Waals surface area contributed by atoms with Gasteiger partial charge in [0.1, 0.15) is 0 Å². The van der Waals surface area contributed by atoms with Gasteiger partial charge in [-0.05, 0) is 68.9 Å². The molecule has 2 aliphatic heterocycles. The summed E-state index contributed by atoms with van der Waals surface area (Å²) in [5.41, 5.74) is 0. The van der Waals surface area contributed by atoms with Crippen molar-refractivity contribution in [3.63, 3.8) is 0 Å². The zero-order valence-corrected chi connectivity index (χ0v) is 13.2. The van der Waals surface area contributed by atoms with Crippen molar-refractivity contribution in [1.82, 2.24) is 15.5 Å². The van der Waals surface area contributed by atoms with E-state index in [2.05, 4.69) is 22.5 Å². The molecule has 2 aliphatic carbocycles. The van der Waals surface area contributed by atoms with Crippen LogP contribution in [0.3, 0.4) is 0 Å². The normalized spacial score (nSPS) is 43.2. The minimum Gasteiger partial charge on any atom is -0.352 e. The SMILES string of the molecule is CC(NC(=O)CN1CC2CNCC2C1)C1CC2CCC1C2. The number of hydrogen-bond acceptors (Lipinski definition) is 3. The molecular weight excluding hydrogens is 262 g/mol. The lowest BCUT2D eigenvalue weighted by molar-refractivity contribution is -0.123. The molecule has 2 saturated heterocycles. The second-order valence-corrected chi connectivity index (χ2v) is 8.07. The van der Waals surface area contributed by atoms with Crippen molar-refractivity contribution in [2.24, 2.45) is 29.6 Å². The van der Waals surface area contributed by atoms with Crippen LogP contribution in [0.15, 0.2) is 0 Å². The molecule has 0 aromatic rings. The largest absolute Gasteiger partial charge is 0.352 e. The van der Waals surface area contributed by atoms with E-state index in [1.807, 2.05) is 0 Å². The van der Waals surface area contributed by atoms with E-state index in [0.717, 1.165) is 55.8 Å². The Morgan fingerprint density at radius 3 is 2.57 bits per heavy atom. The van der Waals surface area contributed by atoms with Crippen molar-refractivity contribution in [1.29, 1.82) is 0 Å². The van der Waals surface area contributed by atoms with Crippen LogP contribution >= 0.6 is 0 Å². The maximum absolute atomic E-state index is 12.3. The van der Waals surface area contributed by atoms with Gasteiger partial charge in [0.15, 0.2) is 0 Å². The van der Waals surface area contributed by atoms with Crippen molar-refractivity contribution in [3.05, 3.63) is 0 Å². The fraction of sp³-hybridized carbons (Fsp3) is 0.941. The first-order valence-electron chi connectivity index (χ1n) is 8.91. The van der Waals surface area contributed by atoms with Crippen molar-refractivity contribution < 1.29 is 4.79 Å². The van der Waals surface area contributed by atoms with Gasteiger partial charge < -0.3 is 10.6 Å². The van der Waals surface area contributed by atoms with E-state index >= 15 is 0 Å². The van der Waals surface area contributed by atoms with Gasteiger partial charge in [-0.3, -0.25) is 9.69 Å². The summed E-state index contributed by atoms with van der Waals surface area (Å²) in [6.07, 6.45) is 5.61. The smallest absolute Gasteiger partial charge is 0.234 e. The number of carbonyl (C=O) groups is 1. The van der Waals surface area contributed by atoms with Crippen LogP contribution in [0.25, 0.3) is 0 Å². The van der Waals surface area contributed by atoms with Gasteiger partial charge in [-0.25, -0.2) is 0 Å². The van der Waals surface area contributed by atoms with Crippen molar-refractivity contribution in [2.75, 3.05) is 32.7 Å². The van der Waals surface area contributed by atoms with E-state index in [9.17, 15) is 4.79 Å². The summed E-state index contributed by atoms with van der Waals surface area (Å²) in [6.45, 7) is 7.33. The van der Waals surface area contributed by atoms with Crippen molar-refractivity contribution >= 4 is 5.91 Å². The van der Waals surface area contributed by atoms with E-state index in [4.69, 9.17) is 0 Å². The Hall–Kier alpha value is -0.610. The molecule has 4 rings (SSSR count). The topological polar surface area (TPSA) is 44.4 Å². The van der Waals surface area contributed by atoms with Gasteiger partial charge in [0, 0.05) is 19.1 Å². The minimum atomic E-state index is 0.248. The molecule has 2 bridgehead atoms. The summed E-state index contributed by atoms with van der Waals surface area (Å²) in [6, 6.07) is 0.372. The molecule has 4 aliphatic rings. The average Bonchev–Trinajstić information content (AvgIpc) is 3.17. The van der Waals surface area contributed by atoms with Gasteiger partial charge in [0.2, 0.25) is 5.91 Å². The lowest BCUT2D eigenvalue weighted by atomic mass is 9.84. The molecule has 1 amide bonds. The number of nitrogens with zero attached hydrogens (tertiary/aromatic N) is 1. The summed E-state index contributed by atoms with van der Waals surface area (Å²) in [5, 5.41) is 6.76. The van der Waals surface area contributed by atoms with E-state index in [1.54, 1.807) is 0 Å². The van der Waals surface area contributed by atoms with Crippen LogP contribution in [-0.2, 0) is 4.79 Å². The first kappa shape index (κ1) is 14.0. The highest BCUT2D eigenvalue weighted by Gasteiger charge is 2.42. The molecule has 0 radical (unpaired) electrons. The molecule has 2 N–H and O–H groups in total. The molecule has 4 fully saturated rings. The van der Waals surface area contributed by atoms with Crippen LogP contribution in [0.2, 0.25) is 0 Å². The second-order valence-electron chi connectivity index (χ2n) is 8.07. The Balaban J connectivity index is 1.24. The van der Waals surface area contributed by atoms with Crippen LogP contribution in [0.5, 0.6) is 0 Å². The minimum absolute atomic E-state index is 0.248. The molecule has 2 saturated carbocycles. The summed E-state index contributed by atoms with van der Waals surface area (Å²) in [7, 11) is 0. The third kappa shape index (κ3) is 2.72. The molecule has 0 aromatic heterocycles. The van der Waals surface area contributed by atoms with Gasteiger partial charge in [-0.2, -0.15) is 0 Å². The third-order valence-corrected chi connectivity index (χ3v) is 6.66. The first-order valence-corrected chi connectivity index (χ1v) is 8.91. The third-order valence-electron chi connectivity index (χ3n) is 6.66. The quantitative estimate of drug-likeness (QED) is 0.814. The number of fused-ring (bicyclic) bond motifs is 3. The molecule has 6 unspecified atom stereocenters. The number of rotatable bonds is 4. The molecule has 4 heteroatoms. The lowest BCUT2D eigenvalue weighted by Crippen LogP contribution is -2.44. The van der Waals surface area contributed by atoms with E-state index in [1.165, 1.54) is 25.7 Å². The van der Waals surface area contributed by atoms with Crippen LogP contribution in [0, 0.1) is 29.6 Å². The van der Waals surface area contributed by atoms with Gasteiger partial charge in [0.05, 0.1) is 6.54 Å². The molecule has 0 spiro atoms. The van der Waals surface area contributed by atoms with Gasteiger partial charge in [-0.1, -0.05) is 6.42 Å². The number of likely N-dealkylation sites (tertiary alicyclic amines) is 1. The van der Waals surface area contributed by atoms with Crippen molar-refractivity contribution in [3.8, 4) is 0 Å². The maximum atomic E-state index is 12.3. The number of amides is 1. The average molecular weight is 291 g/mol. The first-order chi connectivity index (χ1) is 10.2. The zero-order chi connectivity index (χ0) is 14.4. The highest BCUT2D eigenvalue weighted by atomic mass is 16.2. The maximum Gasteiger partial charge on any atom is 0.234 e. The highest BCUT2D eigenvalue weighted by Crippen LogP contribution is 2.49. The van der Waals surface area contributed by atoms with Crippen molar-refractivity contribution in [2.45, 2.75) is 38.6 Å². The van der Waals surface area contributed by atoms with Gasteiger partial charge >= 0.3 is 0 Å². The van der Waals surface area contributed by atoms with Crippen LogP contribution in [0.4, 0.5) is 0 Å². The summed E-state index contributed by atoms with van der Waals surface area (Å²) >= 11 is 0. The molecule has 2 heterocycles. The molecule has 21 heavy (non-hydrogen) atoms. The van der Waals surface area contributed by atoms with Crippen LogP contribution in [-0.4, -0.2) is 49.6 Å². The molecule has 118 valence electrons. The number of nitrogens with one attached hydrogen (secondary N) is 2. The fourth-order valence-corrected chi connectivity index (χ4v) is 5.60. The standard InChI is InChI=1S/C17H29N3O/c1-11(16-5-12-2-3-13(16)4-12)19-17(21)10-20-8-14-6-18-7-15(14)9-20/h11-16,18H,2-10H2,1H3,(H,19,21). The molecule has 6 atom stereocenters. The van der Waals surface area contributed by atoms with Crippen LogP contribution < -0.4 is 10.6 Å². The molecular formula is C17H29N3O. The molecule has 0 aromatic carbocycles. The van der Waals surface area contributed by atoms with Crippen LogP contribution in [0.1, 0.15) is 32.6 Å². The predicted octanol–water partition coefficient (Wildman–Crippen LogP) is 1.08. The van der Waals surface area contributed by atoms with E-state index < -0.39 is 0 Å². The summed E-state index contributed by atoms with van der Waals surface area (Å²) in [5.74, 6) is 4.40. The monoisotopic (exact) mass is 291 g/mol. The number of carbonyl (C=O) groups excluding carboxylic acids is 1. The Kier molecular flexibility index (Phi) is 3.70. The number of hydrogen-bond donors (Lipinski definition) is 2. The van der Waals surface area contributed by atoms with E-state index in [-0.39, 0.29) is 5.91 Å². The molecule has 4 nitrogen and oxygen atoms in total. The highest BCUT2D eigenvalue weighted by molar-refractivity contribution is 5.78. The summed E-state index contributed by atoms with van der Waals surface area (Å²) in [4.78, 5) is 14.7. The van der Waals surface area contributed by atoms with E-state index in [0.29, 0.717) is 12.6 Å². The zero-order valence-electron chi connectivity index (χ0n) is 13.2. The predicted molar refractivity (Wildman–Crippen MR) is 82.8 cm³/mol. The fourth-order valence-electron chi connectivity index (χ4n) is 5.60. The Morgan fingerprint density at radius 1 is 1.19 bits per heavy atom. The Labute approximate surface area is 128 Å². The Bertz CT molecular complexity index is 401. The Morgan fingerprint density at radius 2 is 1.95 bits per heavy atom. The summed E-state index contributed by atoms with van der Waals surface area (Å²) < 4.78 is 0. The van der Waals surface area contributed by atoms with Gasteiger partial charge in [-0.15, -0.1) is 0 Å². The second kappa shape index (κ2) is 5.54. The lowest BCUT2D eigenvalue weighted by Gasteiger charge is -2.29. The van der Waals surface area contributed by atoms with Gasteiger partial charge in [0.25, 0.3) is 0 Å².